The van der Waals surface area contributed by atoms with E-state index in [2.05, 4.69) is 34.7 Å². The highest BCUT2D eigenvalue weighted by Gasteiger charge is 1.53. The zero-order valence-corrected chi connectivity index (χ0v) is 3.58. The molecule has 0 spiro atoms. The van der Waals surface area contributed by atoms with Gasteiger partial charge in [0.2, 0.25) is 0 Å². The molecular formula is C7H. The standard InChI is InChI=1S/C7H/c1-2-4-6-7-5-3-1/h1H. The number of hydrogen-bond acceptors (Lipinski definition) is 0. The van der Waals surface area contributed by atoms with Gasteiger partial charge in [0, 0.05) is 6.08 Å². The van der Waals surface area contributed by atoms with Gasteiger partial charge in [0.1, 0.15) is 0 Å². The maximum Gasteiger partial charge on any atom is 0.0502 e. The summed E-state index contributed by atoms with van der Waals surface area (Å²) in [6, 6.07) is 0. The Kier molecular flexibility index (Phi) is 1.05. The monoisotopic (exact) mass is 85.0 g/mol. The summed E-state index contributed by atoms with van der Waals surface area (Å²) in [6.45, 7) is 0. The molecule has 1 aliphatic carbocycles. The van der Waals surface area contributed by atoms with Gasteiger partial charge in [-0.1, -0.05) is 11.5 Å². The molecule has 0 heteroatoms. The lowest BCUT2D eigenvalue weighted by atomic mass is 10.6. The van der Waals surface area contributed by atoms with E-state index in [4.69, 9.17) is 0 Å². The minimum atomic E-state index is 1.58. The Hall–Kier alpha value is -1.36. The molecule has 1 radical (unpaired) electrons. The molecule has 0 bridgehead atoms. The zero-order valence-electron chi connectivity index (χ0n) is 3.58. The van der Waals surface area contributed by atoms with Crippen LogP contribution in [0.5, 0.6) is 0 Å². The molecule has 0 saturated carbocycles. The van der Waals surface area contributed by atoms with E-state index in [-0.39, 0.29) is 0 Å². The van der Waals surface area contributed by atoms with Crippen molar-refractivity contribution in [1.82, 2.24) is 0 Å². The summed E-state index contributed by atoms with van der Waals surface area (Å²) in [5, 5.41) is 0. The van der Waals surface area contributed by atoms with Crippen LogP contribution in [0.3, 0.4) is 0 Å². The Morgan fingerprint density at radius 1 is 0.857 bits per heavy atom. The van der Waals surface area contributed by atoms with Crippen LogP contribution >= 0.6 is 0 Å². The largest absolute Gasteiger partial charge is 0.0594 e. The average molecular weight is 85.1 g/mol. The van der Waals surface area contributed by atoms with E-state index in [1.165, 1.54) is 0 Å². The average Bonchev–Trinajstić information content (AvgIpc) is 1.90. The second-order valence-electron chi connectivity index (χ2n) is 0.933. The molecule has 0 aliphatic heterocycles. The lowest BCUT2D eigenvalue weighted by Gasteiger charge is -1.45. The van der Waals surface area contributed by atoms with Crippen LogP contribution in [0.4, 0.5) is 0 Å². The van der Waals surface area contributed by atoms with Crippen molar-refractivity contribution < 1.29 is 0 Å². The molecule has 0 fully saturated rings. The van der Waals surface area contributed by atoms with Crippen LogP contribution in [0.25, 0.3) is 0 Å². The highest BCUT2D eigenvalue weighted by atomic mass is 13.5. The van der Waals surface area contributed by atoms with Gasteiger partial charge >= 0.3 is 0 Å². The molecule has 29 valence electrons. The van der Waals surface area contributed by atoms with Gasteiger partial charge < -0.3 is 0 Å². The summed E-state index contributed by atoms with van der Waals surface area (Å²) in [7, 11) is 0. The summed E-state index contributed by atoms with van der Waals surface area (Å²) in [5.41, 5.74) is 12.8. The van der Waals surface area contributed by atoms with Crippen LogP contribution in [0.15, 0.2) is 34.7 Å². The first-order chi connectivity index (χ1) is 3.50. The van der Waals surface area contributed by atoms with Crippen molar-refractivity contribution in [1.29, 1.82) is 0 Å². The molecule has 0 amide bonds. The fourth-order valence-electron chi connectivity index (χ4n) is 0.243. The molecular weight excluding hydrogens is 84.1 g/mol. The van der Waals surface area contributed by atoms with Gasteiger partial charge in [0.25, 0.3) is 0 Å². The summed E-state index contributed by atoms with van der Waals surface area (Å²) < 4.78 is 0. The lowest BCUT2D eigenvalue weighted by Crippen LogP contribution is -1.32. The van der Waals surface area contributed by atoms with Crippen LogP contribution in [0.2, 0.25) is 0 Å². The van der Waals surface area contributed by atoms with Gasteiger partial charge in [-0.25, -0.2) is 0 Å². The SMILES string of the molecule is [C]1=C=C=C=C=C=C1. The van der Waals surface area contributed by atoms with E-state index in [9.17, 15) is 0 Å². The van der Waals surface area contributed by atoms with Crippen molar-refractivity contribution in [2.24, 2.45) is 0 Å². The quantitative estimate of drug-likeness (QED) is 0.387. The Labute approximate surface area is 41.8 Å². The highest BCUT2D eigenvalue weighted by molar-refractivity contribution is 4.99. The molecule has 0 unspecified atom stereocenters. The summed E-state index contributed by atoms with van der Waals surface area (Å²) in [5.74, 6) is 0. The summed E-state index contributed by atoms with van der Waals surface area (Å²) >= 11 is 0. The molecule has 7 heavy (non-hydrogen) atoms. The van der Waals surface area contributed by atoms with Gasteiger partial charge in [-0.15, -0.1) is 0 Å². The Morgan fingerprint density at radius 3 is 2.71 bits per heavy atom. The van der Waals surface area contributed by atoms with Crippen molar-refractivity contribution in [3.8, 4) is 0 Å². The maximum atomic E-state index is 2.62. The predicted octanol–water partition coefficient (Wildman–Crippen LogP) is 1.13. The summed E-state index contributed by atoms with van der Waals surface area (Å²) in [6.07, 6.45) is 4.20. The molecule has 0 N–H and O–H groups in total. The molecule has 0 atom stereocenters. The minimum Gasteiger partial charge on any atom is -0.0594 e. The molecule has 0 aromatic carbocycles. The molecule has 0 aromatic heterocycles. The van der Waals surface area contributed by atoms with Gasteiger partial charge in [-0.2, -0.15) is 0 Å². The fraction of sp³-hybridized carbons (Fsp3) is 0. The van der Waals surface area contributed by atoms with Crippen LogP contribution in [0.1, 0.15) is 0 Å². The topological polar surface area (TPSA) is 0 Å². The van der Waals surface area contributed by atoms with E-state index < -0.39 is 0 Å². The van der Waals surface area contributed by atoms with Gasteiger partial charge in [0.05, 0.1) is 6.08 Å². The van der Waals surface area contributed by atoms with Gasteiger partial charge in [0.15, 0.2) is 0 Å². The third-order valence-corrected chi connectivity index (χ3v) is 0.476. The smallest absolute Gasteiger partial charge is 0.0502 e. The normalized spacial score (nSPS) is 10.3. The Morgan fingerprint density at radius 2 is 1.71 bits per heavy atom. The number of allylic oxidation sites excluding steroid dienone is 2. The van der Waals surface area contributed by atoms with Crippen LogP contribution in [0, 0.1) is 6.08 Å². The second-order valence-corrected chi connectivity index (χ2v) is 0.933. The first-order valence-corrected chi connectivity index (χ1v) is 1.83. The third-order valence-electron chi connectivity index (χ3n) is 0.476. The van der Waals surface area contributed by atoms with Gasteiger partial charge in [-0.3, -0.25) is 0 Å². The van der Waals surface area contributed by atoms with Crippen molar-refractivity contribution in [3.63, 3.8) is 0 Å². The predicted molar refractivity (Wildman–Crippen MR) is 25.4 cm³/mol. The van der Waals surface area contributed by atoms with Crippen molar-refractivity contribution in [2.75, 3.05) is 0 Å². The summed E-state index contributed by atoms with van der Waals surface area (Å²) in [4.78, 5) is 0. The zero-order chi connectivity index (χ0) is 4.95. The second kappa shape index (κ2) is 1.93. The van der Waals surface area contributed by atoms with E-state index in [0.717, 1.165) is 0 Å². The third kappa shape index (κ3) is 1.02. The van der Waals surface area contributed by atoms with E-state index >= 15 is 0 Å². The Balaban J connectivity index is 3.59. The molecule has 0 aromatic rings. The molecule has 1 aliphatic rings. The van der Waals surface area contributed by atoms with Crippen LogP contribution < -0.4 is 0 Å². The number of rotatable bonds is 0. The maximum absolute atomic E-state index is 2.62. The molecule has 1 rings (SSSR count). The first-order valence-electron chi connectivity index (χ1n) is 1.83. The molecule has 0 saturated heterocycles. The van der Waals surface area contributed by atoms with E-state index in [1.54, 1.807) is 6.08 Å². The van der Waals surface area contributed by atoms with E-state index in [1.807, 2.05) is 0 Å². The van der Waals surface area contributed by atoms with Gasteiger partial charge in [-0.05, 0) is 17.2 Å². The van der Waals surface area contributed by atoms with Crippen molar-refractivity contribution in [3.05, 3.63) is 40.8 Å². The van der Waals surface area contributed by atoms with E-state index in [0.29, 0.717) is 0 Å². The van der Waals surface area contributed by atoms with Crippen LogP contribution in [-0.4, -0.2) is 0 Å². The van der Waals surface area contributed by atoms with Crippen molar-refractivity contribution in [2.45, 2.75) is 0 Å². The van der Waals surface area contributed by atoms with Crippen molar-refractivity contribution >= 4 is 0 Å². The van der Waals surface area contributed by atoms with Crippen LogP contribution in [-0.2, 0) is 0 Å². The lowest BCUT2D eigenvalue weighted by molar-refractivity contribution is 1.96. The number of hydrogen-bond donors (Lipinski definition) is 0. The molecule has 0 nitrogen and oxygen atoms in total. The highest BCUT2D eigenvalue weighted by Crippen LogP contribution is 1.67. The molecule has 0 heterocycles. The Bertz CT molecular complexity index is 224. The fourth-order valence-corrected chi connectivity index (χ4v) is 0.243. The first kappa shape index (κ1) is 3.82. The minimum absolute atomic E-state index is 1.58.